The minimum Gasteiger partial charge on any atom is -0.343 e. The molecule has 1 heterocycles. The molecule has 0 spiro atoms. The normalized spacial score (nSPS) is 19.0. The lowest BCUT2D eigenvalue weighted by atomic mass is 10.1. The van der Waals surface area contributed by atoms with Gasteiger partial charge in [-0.2, -0.15) is 0 Å². The number of carbonyl (C=O) groups excluding carboxylic acids is 2. The maximum absolute atomic E-state index is 12.2. The molecule has 1 rings (SSSR count). The van der Waals surface area contributed by atoms with Crippen molar-refractivity contribution >= 4 is 24.2 Å². The maximum atomic E-state index is 12.2. The van der Waals surface area contributed by atoms with Gasteiger partial charge in [-0.15, -0.1) is 12.4 Å². The second-order valence-corrected chi connectivity index (χ2v) is 4.85. The van der Waals surface area contributed by atoms with E-state index < -0.39 is 0 Å². The van der Waals surface area contributed by atoms with Gasteiger partial charge in [-0.1, -0.05) is 13.8 Å². The van der Waals surface area contributed by atoms with Crippen LogP contribution in [-0.2, 0) is 9.59 Å². The monoisotopic (exact) mass is 291 g/mol. The van der Waals surface area contributed by atoms with Gasteiger partial charge in [-0.3, -0.25) is 9.59 Å². The van der Waals surface area contributed by atoms with E-state index in [9.17, 15) is 9.59 Å². The Hall–Kier alpha value is -0.810. The zero-order valence-electron chi connectivity index (χ0n) is 12.1. The van der Waals surface area contributed by atoms with Crippen molar-refractivity contribution in [2.45, 2.75) is 39.2 Å². The number of nitrogens with zero attached hydrogens (tertiary/aromatic N) is 2. The zero-order valence-corrected chi connectivity index (χ0v) is 13.0. The van der Waals surface area contributed by atoms with Crippen LogP contribution >= 0.6 is 12.4 Å². The molecule has 0 radical (unpaired) electrons. The van der Waals surface area contributed by atoms with Gasteiger partial charge < -0.3 is 15.1 Å². The molecule has 6 heteroatoms. The number of carbonyl (C=O) groups is 2. The number of nitrogens with one attached hydrogen (secondary N) is 1. The standard InChI is InChI=1S/C13H25N3O2.ClH/c1-4-7-16(8-5-2)12(17)10-11-13(18)15(3)9-6-14-11;/h11,14H,4-10H2,1-3H3;1H. The Kier molecular flexibility index (Phi) is 8.76. The van der Waals surface area contributed by atoms with E-state index in [0.717, 1.165) is 39.0 Å². The molecule has 112 valence electrons. The van der Waals surface area contributed by atoms with E-state index >= 15 is 0 Å². The number of hydrogen-bond acceptors (Lipinski definition) is 3. The Bertz CT molecular complexity index is 294. The molecule has 1 atom stereocenters. The number of amides is 2. The molecule has 1 saturated heterocycles. The van der Waals surface area contributed by atoms with Gasteiger partial charge in [0.2, 0.25) is 11.8 Å². The molecule has 0 aliphatic carbocycles. The molecule has 1 N–H and O–H groups in total. The van der Waals surface area contributed by atoms with Crippen molar-refractivity contribution in [3.63, 3.8) is 0 Å². The summed E-state index contributed by atoms with van der Waals surface area (Å²) in [6.07, 6.45) is 2.19. The molecule has 0 bridgehead atoms. The summed E-state index contributed by atoms with van der Waals surface area (Å²) in [4.78, 5) is 27.6. The number of likely N-dealkylation sites (N-methyl/N-ethyl adjacent to an activating group) is 1. The van der Waals surface area contributed by atoms with Gasteiger partial charge in [0, 0.05) is 33.2 Å². The third kappa shape index (κ3) is 5.37. The number of hydrogen-bond donors (Lipinski definition) is 1. The number of piperazine rings is 1. The SMILES string of the molecule is CCCN(CCC)C(=O)CC1NCCN(C)C1=O.Cl. The highest BCUT2D eigenvalue weighted by Crippen LogP contribution is 2.07. The van der Waals surface area contributed by atoms with Crippen LogP contribution < -0.4 is 5.32 Å². The lowest BCUT2D eigenvalue weighted by molar-refractivity contribution is -0.140. The molecule has 0 aromatic carbocycles. The van der Waals surface area contributed by atoms with Crippen molar-refractivity contribution in [3.8, 4) is 0 Å². The quantitative estimate of drug-likeness (QED) is 0.790. The van der Waals surface area contributed by atoms with Crippen LogP contribution in [0.2, 0.25) is 0 Å². The van der Waals surface area contributed by atoms with Crippen molar-refractivity contribution in [2.24, 2.45) is 0 Å². The van der Waals surface area contributed by atoms with Gasteiger partial charge >= 0.3 is 0 Å². The summed E-state index contributed by atoms with van der Waals surface area (Å²) < 4.78 is 0. The van der Waals surface area contributed by atoms with Gasteiger partial charge in [-0.05, 0) is 12.8 Å². The van der Waals surface area contributed by atoms with E-state index in [2.05, 4.69) is 19.2 Å². The number of rotatable bonds is 6. The Balaban J connectivity index is 0.00000324. The van der Waals surface area contributed by atoms with Crippen LogP contribution in [0.25, 0.3) is 0 Å². The van der Waals surface area contributed by atoms with Gasteiger partial charge in [0.05, 0.1) is 12.5 Å². The fourth-order valence-corrected chi connectivity index (χ4v) is 2.23. The highest BCUT2D eigenvalue weighted by atomic mass is 35.5. The summed E-state index contributed by atoms with van der Waals surface area (Å²) in [5.74, 6) is 0.113. The zero-order chi connectivity index (χ0) is 13.5. The second-order valence-electron chi connectivity index (χ2n) is 4.85. The van der Waals surface area contributed by atoms with Crippen LogP contribution in [0, 0.1) is 0 Å². The Labute approximate surface area is 122 Å². The molecule has 0 aromatic heterocycles. The molecule has 5 nitrogen and oxygen atoms in total. The van der Waals surface area contributed by atoms with Gasteiger partial charge in [0.25, 0.3) is 0 Å². The van der Waals surface area contributed by atoms with Crippen LogP contribution in [0.5, 0.6) is 0 Å². The van der Waals surface area contributed by atoms with Crippen molar-refractivity contribution in [2.75, 3.05) is 33.2 Å². The fourth-order valence-electron chi connectivity index (χ4n) is 2.23. The first-order valence-electron chi connectivity index (χ1n) is 6.86. The summed E-state index contributed by atoms with van der Waals surface area (Å²) in [6, 6.07) is -0.340. The second kappa shape index (κ2) is 9.15. The lowest BCUT2D eigenvalue weighted by Gasteiger charge is -2.31. The van der Waals surface area contributed by atoms with E-state index in [1.165, 1.54) is 0 Å². The first kappa shape index (κ1) is 18.2. The van der Waals surface area contributed by atoms with E-state index in [-0.39, 0.29) is 36.7 Å². The van der Waals surface area contributed by atoms with Crippen molar-refractivity contribution in [1.29, 1.82) is 0 Å². The van der Waals surface area contributed by atoms with Crippen LogP contribution in [-0.4, -0.2) is 60.9 Å². The average molecular weight is 292 g/mol. The van der Waals surface area contributed by atoms with Crippen LogP contribution in [0.1, 0.15) is 33.1 Å². The topological polar surface area (TPSA) is 52.7 Å². The van der Waals surface area contributed by atoms with Crippen LogP contribution in [0.4, 0.5) is 0 Å². The minimum absolute atomic E-state index is 0. The average Bonchev–Trinajstić information content (AvgIpc) is 2.34. The van der Waals surface area contributed by atoms with Crippen LogP contribution in [0.15, 0.2) is 0 Å². The summed E-state index contributed by atoms with van der Waals surface area (Å²) in [5, 5.41) is 3.13. The Morgan fingerprint density at radius 2 is 1.95 bits per heavy atom. The van der Waals surface area contributed by atoms with E-state index in [0.29, 0.717) is 0 Å². The third-order valence-electron chi connectivity index (χ3n) is 3.23. The largest absolute Gasteiger partial charge is 0.343 e. The predicted octanol–water partition coefficient (Wildman–Crippen LogP) is 0.877. The first-order chi connectivity index (χ1) is 8.60. The minimum atomic E-state index is -0.340. The summed E-state index contributed by atoms with van der Waals surface area (Å²) in [5.41, 5.74) is 0. The molecule has 2 amide bonds. The fraction of sp³-hybridized carbons (Fsp3) is 0.846. The Morgan fingerprint density at radius 1 is 1.37 bits per heavy atom. The predicted molar refractivity (Wildman–Crippen MR) is 78.5 cm³/mol. The third-order valence-corrected chi connectivity index (χ3v) is 3.23. The molecule has 1 aliphatic heterocycles. The van der Waals surface area contributed by atoms with Crippen molar-refractivity contribution in [1.82, 2.24) is 15.1 Å². The molecule has 0 aromatic rings. The molecule has 0 saturated carbocycles. The first-order valence-corrected chi connectivity index (χ1v) is 6.86. The van der Waals surface area contributed by atoms with E-state index in [1.54, 1.807) is 11.9 Å². The summed E-state index contributed by atoms with van der Waals surface area (Å²) in [6.45, 7) is 7.17. The molecule has 1 unspecified atom stereocenters. The molecular weight excluding hydrogens is 266 g/mol. The Morgan fingerprint density at radius 3 is 2.47 bits per heavy atom. The highest BCUT2D eigenvalue weighted by molar-refractivity contribution is 5.88. The molecular formula is C13H26ClN3O2. The van der Waals surface area contributed by atoms with Gasteiger partial charge in [0.1, 0.15) is 0 Å². The maximum Gasteiger partial charge on any atom is 0.240 e. The van der Waals surface area contributed by atoms with E-state index in [4.69, 9.17) is 0 Å². The van der Waals surface area contributed by atoms with Gasteiger partial charge in [0.15, 0.2) is 0 Å². The van der Waals surface area contributed by atoms with Gasteiger partial charge in [-0.25, -0.2) is 0 Å². The molecule has 1 aliphatic rings. The number of halogens is 1. The summed E-state index contributed by atoms with van der Waals surface area (Å²) in [7, 11) is 1.79. The smallest absolute Gasteiger partial charge is 0.240 e. The molecule has 19 heavy (non-hydrogen) atoms. The highest BCUT2D eigenvalue weighted by Gasteiger charge is 2.29. The lowest BCUT2D eigenvalue weighted by Crippen LogP contribution is -2.55. The molecule has 1 fully saturated rings. The van der Waals surface area contributed by atoms with E-state index in [1.807, 2.05) is 4.90 Å². The van der Waals surface area contributed by atoms with Crippen LogP contribution in [0.3, 0.4) is 0 Å². The summed E-state index contributed by atoms with van der Waals surface area (Å²) >= 11 is 0. The van der Waals surface area contributed by atoms with Crippen molar-refractivity contribution < 1.29 is 9.59 Å². The van der Waals surface area contributed by atoms with Crippen molar-refractivity contribution in [3.05, 3.63) is 0 Å².